The average Bonchev–Trinajstić information content (AvgIpc) is 2.81. The molecule has 114 valence electrons. The van der Waals surface area contributed by atoms with E-state index >= 15 is 0 Å². The van der Waals surface area contributed by atoms with Crippen LogP contribution in [0.5, 0.6) is 0 Å². The molecule has 0 radical (unpaired) electrons. The van der Waals surface area contributed by atoms with Crippen molar-refractivity contribution >= 4 is 17.1 Å². The van der Waals surface area contributed by atoms with E-state index in [1.165, 1.54) is 0 Å². The highest BCUT2D eigenvalue weighted by Crippen LogP contribution is 2.49. The molecule has 22 heavy (non-hydrogen) atoms. The van der Waals surface area contributed by atoms with E-state index in [1.54, 1.807) is 11.3 Å². The summed E-state index contributed by atoms with van der Waals surface area (Å²) in [5, 5.41) is 11.5. The van der Waals surface area contributed by atoms with Crippen LogP contribution in [0.25, 0.3) is 0 Å². The van der Waals surface area contributed by atoms with Gasteiger partial charge in [0.2, 0.25) is 5.88 Å². The highest BCUT2D eigenvalue weighted by molar-refractivity contribution is 7.10. The first-order chi connectivity index (χ1) is 10.3. The summed E-state index contributed by atoms with van der Waals surface area (Å²) in [5.74, 6) is 0.446. The molecule has 0 saturated heterocycles. The van der Waals surface area contributed by atoms with Crippen LogP contribution >= 0.6 is 11.3 Å². The summed E-state index contributed by atoms with van der Waals surface area (Å²) in [5.41, 5.74) is 7.86. The minimum atomic E-state index is -0.377. The molecule has 0 spiro atoms. The second kappa shape index (κ2) is 4.99. The molecule has 1 aliphatic heterocycles. The molecule has 1 aromatic heterocycles. The van der Waals surface area contributed by atoms with Crippen molar-refractivity contribution in [2.75, 3.05) is 0 Å². The number of nitrogens with two attached hydrogens (primary N) is 1. The van der Waals surface area contributed by atoms with Gasteiger partial charge < -0.3 is 10.5 Å². The Morgan fingerprint density at radius 2 is 2.18 bits per heavy atom. The van der Waals surface area contributed by atoms with Gasteiger partial charge in [0.05, 0.1) is 5.92 Å². The number of thiophene rings is 1. The molecule has 1 atom stereocenters. The smallest absolute Gasteiger partial charge is 0.205 e. The van der Waals surface area contributed by atoms with E-state index in [4.69, 9.17) is 10.5 Å². The monoisotopic (exact) mass is 314 g/mol. The predicted molar refractivity (Wildman–Crippen MR) is 84.8 cm³/mol. The number of ether oxygens (including phenoxy) is 1. The molecule has 2 N–H and O–H groups in total. The molecule has 3 rings (SSSR count). The number of hydrogen-bond donors (Lipinski definition) is 1. The van der Waals surface area contributed by atoms with Gasteiger partial charge >= 0.3 is 0 Å². The predicted octanol–water partition coefficient (Wildman–Crippen LogP) is 3.51. The molecule has 0 aromatic carbocycles. The molecule has 0 amide bonds. The van der Waals surface area contributed by atoms with Crippen LogP contribution in [-0.2, 0) is 9.53 Å². The number of nitrogens with zero attached hydrogens (tertiary/aromatic N) is 1. The van der Waals surface area contributed by atoms with Crippen molar-refractivity contribution in [3.05, 3.63) is 44.7 Å². The molecule has 1 aromatic rings. The van der Waals surface area contributed by atoms with E-state index in [1.807, 2.05) is 32.2 Å². The van der Waals surface area contributed by atoms with Crippen LogP contribution in [0.1, 0.15) is 43.0 Å². The molecule has 0 unspecified atom stereocenters. The summed E-state index contributed by atoms with van der Waals surface area (Å²) in [6.07, 6.45) is 1.13. The maximum absolute atomic E-state index is 12.7. The zero-order valence-electron chi connectivity index (χ0n) is 12.9. The lowest BCUT2D eigenvalue weighted by Gasteiger charge is -2.37. The number of carbonyl (C=O) groups is 1. The Labute approximate surface area is 133 Å². The largest absolute Gasteiger partial charge is 0.444 e. The van der Waals surface area contributed by atoms with Gasteiger partial charge in [-0.15, -0.1) is 11.3 Å². The third-order valence-corrected chi connectivity index (χ3v) is 5.32. The minimum Gasteiger partial charge on any atom is -0.444 e. The zero-order chi connectivity index (χ0) is 16.1. The number of Topliss-reactive ketones (excluding diaryl/α,β-unsaturated/α-hetero) is 1. The van der Waals surface area contributed by atoms with E-state index in [0.29, 0.717) is 29.7 Å². The van der Waals surface area contributed by atoms with Gasteiger partial charge in [-0.25, -0.2) is 0 Å². The molecule has 0 saturated carbocycles. The second-order valence-electron chi connectivity index (χ2n) is 6.67. The Kier molecular flexibility index (Phi) is 3.37. The number of aryl methyl sites for hydroxylation is 1. The van der Waals surface area contributed by atoms with Crippen LogP contribution in [0.3, 0.4) is 0 Å². The number of allylic oxidation sites excluding steroid dienone is 3. The maximum atomic E-state index is 12.7. The van der Waals surface area contributed by atoms with Gasteiger partial charge in [-0.3, -0.25) is 4.79 Å². The number of carbonyl (C=O) groups excluding carboxylic acids is 1. The van der Waals surface area contributed by atoms with Crippen LogP contribution in [0.15, 0.2) is 34.2 Å². The molecule has 2 heterocycles. The van der Waals surface area contributed by atoms with Crippen LogP contribution in [-0.4, -0.2) is 5.78 Å². The van der Waals surface area contributed by atoms with Crippen molar-refractivity contribution in [2.24, 2.45) is 11.1 Å². The van der Waals surface area contributed by atoms with Crippen LogP contribution in [0, 0.1) is 23.7 Å². The summed E-state index contributed by atoms with van der Waals surface area (Å²) in [6, 6.07) is 4.14. The van der Waals surface area contributed by atoms with E-state index in [-0.39, 0.29) is 23.0 Å². The van der Waals surface area contributed by atoms with Gasteiger partial charge in [0.1, 0.15) is 17.4 Å². The van der Waals surface area contributed by atoms with Crippen molar-refractivity contribution in [1.29, 1.82) is 5.26 Å². The van der Waals surface area contributed by atoms with Gasteiger partial charge in [-0.05, 0) is 29.3 Å². The van der Waals surface area contributed by atoms with Crippen molar-refractivity contribution in [2.45, 2.75) is 39.5 Å². The Bertz CT molecular complexity index is 762. The Hall–Kier alpha value is -2.06. The first-order valence-corrected chi connectivity index (χ1v) is 8.10. The van der Waals surface area contributed by atoms with Gasteiger partial charge in [0, 0.05) is 23.3 Å². The quantitative estimate of drug-likeness (QED) is 0.860. The number of rotatable bonds is 1. The van der Waals surface area contributed by atoms with Gasteiger partial charge in [-0.1, -0.05) is 13.8 Å². The van der Waals surface area contributed by atoms with Crippen molar-refractivity contribution in [3.63, 3.8) is 0 Å². The topological polar surface area (TPSA) is 76.1 Å². The molecule has 5 heteroatoms. The number of nitriles is 1. The molecular formula is C17H18N2O2S. The first kappa shape index (κ1) is 14.9. The van der Waals surface area contributed by atoms with Gasteiger partial charge in [-0.2, -0.15) is 5.26 Å². The van der Waals surface area contributed by atoms with E-state index in [9.17, 15) is 10.1 Å². The standard InChI is InChI=1S/C17H18N2O2S/c1-9-4-5-22-15(9)13-10(8-18)16(19)21-12-7-17(2,3)6-11(20)14(12)13/h4-5,13H,6-7,19H2,1-3H3/t13-/m1/s1. The summed E-state index contributed by atoms with van der Waals surface area (Å²) in [6.45, 7) is 6.08. The lowest BCUT2D eigenvalue weighted by Crippen LogP contribution is -2.33. The number of hydrogen-bond acceptors (Lipinski definition) is 5. The highest BCUT2D eigenvalue weighted by Gasteiger charge is 2.43. The maximum Gasteiger partial charge on any atom is 0.205 e. The minimum absolute atomic E-state index is 0.0595. The van der Waals surface area contributed by atoms with Crippen molar-refractivity contribution in [3.8, 4) is 6.07 Å². The second-order valence-corrected chi connectivity index (χ2v) is 7.62. The van der Waals surface area contributed by atoms with Crippen LogP contribution in [0.2, 0.25) is 0 Å². The van der Waals surface area contributed by atoms with Gasteiger partial charge in [0.15, 0.2) is 5.78 Å². The Balaban J connectivity index is 2.20. The van der Waals surface area contributed by atoms with Gasteiger partial charge in [0.25, 0.3) is 0 Å². The third-order valence-electron chi connectivity index (χ3n) is 4.24. The normalized spacial score (nSPS) is 23.9. The fourth-order valence-corrected chi connectivity index (χ4v) is 4.27. The van der Waals surface area contributed by atoms with E-state index in [2.05, 4.69) is 6.07 Å². The average molecular weight is 314 g/mol. The number of ketones is 1. The first-order valence-electron chi connectivity index (χ1n) is 7.22. The Morgan fingerprint density at radius 1 is 1.45 bits per heavy atom. The third kappa shape index (κ3) is 2.24. The molecule has 0 fully saturated rings. The summed E-state index contributed by atoms with van der Waals surface area (Å²) in [4.78, 5) is 13.7. The molecule has 2 aliphatic rings. The van der Waals surface area contributed by atoms with E-state index in [0.717, 1.165) is 10.4 Å². The SMILES string of the molecule is Cc1ccsc1[C@@H]1C(C#N)=C(N)OC2=C1C(=O)CC(C)(C)C2. The summed E-state index contributed by atoms with van der Waals surface area (Å²) >= 11 is 1.55. The molecule has 1 aliphatic carbocycles. The fraction of sp³-hybridized carbons (Fsp3) is 0.412. The molecular weight excluding hydrogens is 296 g/mol. The summed E-state index contributed by atoms with van der Waals surface area (Å²) in [7, 11) is 0. The fourth-order valence-electron chi connectivity index (χ4n) is 3.23. The van der Waals surface area contributed by atoms with E-state index < -0.39 is 0 Å². The van der Waals surface area contributed by atoms with Crippen molar-refractivity contribution in [1.82, 2.24) is 0 Å². The lowest BCUT2D eigenvalue weighted by molar-refractivity contribution is -0.119. The zero-order valence-corrected chi connectivity index (χ0v) is 13.7. The lowest BCUT2D eigenvalue weighted by atomic mass is 9.71. The van der Waals surface area contributed by atoms with Crippen LogP contribution in [0.4, 0.5) is 0 Å². The molecule has 0 bridgehead atoms. The van der Waals surface area contributed by atoms with Crippen LogP contribution < -0.4 is 5.73 Å². The summed E-state index contributed by atoms with van der Waals surface area (Å²) < 4.78 is 5.67. The highest BCUT2D eigenvalue weighted by atomic mass is 32.1. The Morgan fingerprint density at radius 3 is 2.77 bits per heavy atom. The van der Waals surface area contributed by atoms with Crippen molar-refractivity contribution < 1.29 is 9.53 Å². The molecule has 4 nitrogen and oxygen atoms in total.